The van der Waals surface area contributed by atoms with Crippen LogP contribution in [0.1, 0.15) is 39.0 Å². The number of carbonyl (C=O) groups excluding carboxylic acids is 3. The standard InChI is InChI=1S/C19H30N4O5/c1-5-20-15(24)12-22-6-8-23(9-7-22)18(25)17-13(2)16(14(3)21-17)19(26)28-11-10-27-4/h21H,5-12H2,1-4H3,(H,20,24). The first-order chi connectivity index (χ1) is 13.4. The molecular weight excluding hydrogens is 364 g/mol. The van der Waals surface area contributed by atoms with Crippen molar-refractivity contribution in [3.8, 4) is 0 Å². The van der Waals surface area contributed by atoms with Crippen molar-refractivity contribution in [1.82, 2.24) is 20.1 Å². The number of ether oxygens (including phenoxy) is 2. The summed E-state index contributed by atoms with van der Waals surface area (Å²) in [6, 6.07) is 0. The number of methoxy groups -OCH3 is 1. The van der Waals surface area contributed by atoms with Gasteiger partial charge in [0.15, 0.2) is 0 Å². The summed E-state index contributed by atoms with van der Waals surface area (Å²) in [5.41, 5.74) is 2.01. The summed E-state index contributed by atoms with van der Waals surface area (Å²) in [5, 5.41) is 2.78. The fourth-order valence-electron chi connectivity index (χ4n) is 3.28. The van der Waals surface area contributed by atoms with Gasteiger partial charge in [-0.1, -0.05) is 0 Å². The normalized spacial score (nSPS) is 14.8. The summed E-state index contributed by atoms with van der Waals surface area (Å²) >= 11 is 0. The van der Waals surface area contributed by atoms with E-state index in [0.29, 0.717) is 68.4 Å². The Morgan fingerprint density at radius 1 is 1.11 bits per heavy atom. The number of carbonyl (C=O) groups is 3. The van der Waals surface area contributed by atoms with E-state index in [9.17, 15) is 14.4 Å². The highest BCUT2D eigenvalue weighted by atomic mass is 16.6. The van der Waals surface area contributed by atoms with E-state index in [4.69, 9.17) is 9.47 Å². The largest absolute Gasteiger partial charge is 0.460 e. The molecule has 2 heterocycles. The Hall–Kier alpha value is -2.39. The van der Waals surface area contributed by atoms with Crippen molar-refractivity contribution in [1.29, 1.82) is 0 Å². The molecule has 2 amide bonds. The maximum atomic E-state index is 12.9. The highest BCUT2D eigenvalue weighted by molar-refractivity contribution is 6.00. The van der Waals surface area contributed by atoms with Gasteiger partial charge in [0.25, 0.3) is 5.91 Å². The molecule has 0 radical (unpaired) electrons. The van der Waals surface area contributed by atoms with Crippen LogP contribution in [0.15, 0.2) is 0 Å². The van der Waals surface area contributed by atoms with Gasteiger partial charge in [-0.05, 0) is 26.3 Å². The monoisotopic (exact) mass is 394 g/mol. The topological polar surface area (TPSA) is 104 Å². The Kier molecular flexibility index (Phi) is 8.01. The number of piperazine rings is 1. The van der Waals surface area contributed by atoms with Crippen LogP contribution in [0, 0.1) is 13.8 Å². The number of hydrogen-bond donors (Lipinski definition) is 2. The lowest BCUT2D eigenvalue weighted by molar-refractivity contribution is -0.122. The highest BCUT2D eigenvalue weighted by Crippen LogP contribution is 2.21. The minimum absolute atomic E-state index is 0.00487. The molecule has 1 aromatic heterocycles. The van der Waals surface area contributed by atoms with E-state index < -0.39 is 5.97 Å². The van der Waals surface area contributed by atoms with E-state index in [1.165, 1.54) is 7.11 Å². The zero-order chi connectivity index (χ0) is 20.7. The SMILES string of the molecule is CCNC(=O)CN1CCN(C(=O)c2[nH]c(C)c(C(=O)OCCOC)c2C)CC1. The van der Waals surface area contributed by atoms with Crippen LogP contribution in [-0.4, -0.2) is 92.2 Å². The van der Waals surface area contributed by atoms with Gasteiger partial charge in [0.2, 0.25) is 5.91 Å². The number of aromatic nitrogens is 1. The number of nitrogens with zero attached hydrogens (tertiary/aromatic N) is 2. The van der Waals surface area contributed by atoms with Crippen molar-refractivity contribution < 1.29 is 23.9 Å². The number of rotatable bonds is 8. The third kappa shape index (κ3) is 5.32. The van der Waals surface area contributed by atoms with Gasteiger partial charge in [0, 0.05) is 45.5 Å². The van der Waals surface area contributed by atoms with Crippen molar-refractivity contribution in [2.75, 3.05) is 59.6 Å². The lowest BCUT2D eigenvalue weighted by atomic mass is 10.1. The molecular formula is C19H30N4O5. The Morgan fingerprint density at radius 2 is 1.79 bits per heavy atom. The number of nitrogens with one attached hydrogen (secondary N) is 2. The van der Waals surface area contributed by atoms with Gasteiger partial charge in [0.05, 0.1) is 18.7 Å². The Bertz CT molecular complexity index is 707. The van der Waals surface area contributed by atoms with Gasteiger partial charge in [-0.2, -0.15) is 0 Å². The smallest absolute Gasteiger partial charge is 0.340 e. The Morgan fingerprint density at radius 3 is 2.39 bits per heavy atom. The van der Waals surface area contributed by atoms with Crippen molar-refractivity contribution in [2.45, 2.75) is 20.8 Å². The summed E-state index contributed by atoms with van der Waals surface area (Å²) in [6.45, 7) is 9.14. The zero-order valence-electron chi connectivity index (χ0n) is 17.1. The van der Waals surface area contributed by atoms with Crippen molar-refractivity contribution in [3.63, 3.8) is 0 Å². The first kappa shape index (κ1) is 21.9. The summed E-state index contributed by atoms with van der Waals surface area (Å²) in [5.74, 6) is -0.613. The van der Waals surface area contributed by atoms with Crippen LogP contribution >= 0.6 is 0 Å². The molecule has 9 heteroatoms. The molecule has 0 unspecified atom stereocenters. The minimum atomic E-state index is -0.464. The Labute approximate surface area is 165 Å². The van der Waals surface area contributed by atoms with Crippen LogP contribution in [0.4, 0.5) is 0 Å². The molecule has 1 fully saturated rings. The molecule has 1 aliphatic rings. The van der Waals surface area contributed by atoms with Gasteiger partial charge in [-0.3, -0.25) is 14.5 Å². The van der Waals surface area contributed by atoms with Crippen molar-refractivity contribution in [2.24, 2.45) is 0 Å². The first-order valence-corrected chi connectivity index (χ1v) is 9.52. The summed E-state index contributed by atoms with van der Waals surface area (Å²) in [4.78, 5) is 43.7. The van der Waals surface area contributed by atoms with E-state index >= 15 is 0 Å². The Balaban J connectivity index is 1.99. The number of hydrogen-bond acceptors (Lipinski definition) is 6. The van der Waals surface area contributed by atoms with E-state index in [-0.39, 0.29) is 18.4 Å². The number of likely N-dealkylation sites (N-methyl/N-ethyl adjacent to an activating group) is 1. The average Bonchev–Trinajstić information content (AvgIpc) is 2.96. The average molecular weight is 394 g/mol. The number of esters is 1. The summed E-state index contributed by atoms with van der Waals surface area (Å²) in [6.07, 6.45) is 0. The minimum Gasteiger partial charge on any atom is -0.460 e. The molecule has 2 N–H and O–H groups in total. The maximum absolute atomic E-state index is 12.9. The molecule has 9 nitrogen and oxygen atoms in total. The van der Waals surface area contributed by atoms with Gasteiger partial charge in [-0.15, -0.1) is 0 Å². The van der Waals surface area contributed by atoms with Crippen LogP contribution < -0.4 is 5.32 Å². The molecule has 1 aromatic rings. The number of aromatic amines is 1. The second-order valence-electron chi connectivity index (χ2n) is 6.78. The third-order valence-corrected chi connectivity index (χ3v) is 4.78. The molecule has 0 spiro atoms. The third-order valence-electron chi connectivity index (χ3n) is 4.78. The van der Waals surface area contributed by atoms with Crippen LogP contribution in [0.3, 0.4) is 0 Å². The van der Waals surface area contributed by atoms with Crippen LogP contribution in [0.25, 0.3) is 0 Å². The van der Waals surface area contributed by atoms with Gasteiger partial charge in [-0.25, -0.2) is 4.79 Å². The molecule has 0 saturated carbocycles. The van der Waals surface area contributed by atoms with E-state index in [2.05, 4.69) is 10.3 Å². The quantitative estimate of drug-likeness (QED) is 0.486. The maximum Gasteiger partial charge on any atom is 0.340 e. The predicted octanol–water partition coefficient (Wildman–Crippen LogP) is 0.329. The lowest BCUT2D eigenvalue weighted by Crippen LogP contribution is -2.51. The molecule has 0 bridgehead atoms. The van der Waals surface area contributed by atoms with E-state index in [1.54, 1.807) is 18.7 Å². The summed E-state index contributed by atoms with van der Waals surface area (Å²) in [7, 11) is 1.54. The number of H-pyrrole nitrogens is 1. The molecule has 0 atom stereocenters. The second kappa shape index (κ2) is 10.2. The zero-order valence-corrected chi connectivity index (χ0v) is 17.1. The van der Waals surface area contributed by atoms with Crippen LogP contribution in [0.2, 0.25) is 0 Å². The molecule has 156 valence electrons. The van der Waals surface area contributed by atoms with Gasteiger partial charge in [0.1, 0.15) is 12.3 Å². The lowest BCUT2D eigenvalue weighted by Gasteiger charge is -2.34. The van der Waals surface area contributed by atoms with Crippen LogP contribution in [-0.2, 0) is 14.3 Å². The fourth-order valence-corrected chi connectivity index (χ4v) is 3.28. The number of aryl methyl sites for hydroxylation is 1. The first-order valence-electron chi connectivity index (χ1n) is 9.52. The highest BCUT2D eigenvalue weighted by Gasteiger charge is 2.28. The summed E-state index contributed by atoms with van der Waals surface area (Å²) < 4.78 is 10.1. The van der Waals surface area contributed by atoms with E-state index in [1.807, 2.05) is 11.8 Å². The van der Waals surface area contributed by atoms with Gasteiger partial charge < -0.3 is 24.7 Å². The molecule has 1 aliphatic heterocycles. The van der Waals surface area contributed by atoms with E-state index in [0.717, 1.165) is 0 Å². The molecule has 2 rings (SSSR count). The van der Waals surface area contributed by atoms with Gasteiger partial charge >= 0.3 is 5.97 Å². The molecule has 0 aromatic carbocycles. The number of amides is 2. The second-order valence-corrected chi connectivity index (χ2v) is 6.78. The molecule has 28 heavy (non-hydrogen) atoms. The van der Waals surface area contributed by atoms with Crippen LogP contribution in [0.5, 0.6) is 0 Å². The van der Waals surface area contributed by atoms with Crippen molar-refractivity contribution in [3.05, 3.63) is 22.5 Å². The fraction of sp³-hybridized carbons (Fsp3) is 0.632. The molecule has 0 aliphatic carbocycles. The molecule has 1 saturated heterocycles. The van der Waals surface area contributed by atoms with Crippen molar-refractivity contribution >= 4 is 17.8 Å². The predicted molar refractivity (Wildman–Crippen MR) is 103 cm³/mol.